The number of amides is 1. The van der Waals surface area contributed by atoms with Crippen molar-refractivity contribution in [3.63, 3.8) is 0 Å². The predicted octanol–water partition coefficient (Wildman–Crippen LogP) is 2.18. The molecule has 2 saturated heterocycles. The molecule has 1 aromatic rings. The first kappa shape index (κ1) is 25.9. The second-order valence-corrected chi connectivity index (χ2v) is 8.34. The average Bonchev–Trinajstić information content (AvgIpc) is 3.44. The van der Waals surface area contributed by atoms with Crippen LogP contribution in [0.4, 0.5) is 0 Å². The van der Waals surface area contributed by atoms with E-state index in [0.717, 1.165) is 96.4 Å². The molecule has 176 valence electrons. The van der Waals surface area contributed by atoms with Crippen LogP contribution in [0, 0.1) is 6.92 Å². The number of imidazole rings is 1. The summed E-state index contributed by atoms with van der Waals surface area (Å²) < 4.78 is 2.19. The van der Waals surface area contributed by atoms with Gasteiger partial charge in [0.2, 0.25) is 5.91 Å². The number of halogens is 1. The predicted molar refractivity (Wildman–Crippen MR) is 136 cm³/mol. The largest absolute Gasteiger partial charge is 0.357 e. The molecule has 1 atom stereocenters. The van der Waals surface area contributed by atoms with Crippen molar-refractivity contribution in [3.8, 4) is 0 Å². The number of likely N-dealkylation sites (tertiary alicyclic amines) is 1. The number of nitrogens with zero attached hydrogens (tertiary/aromatic N) is 6. The van der Waals surface area contributed by atoms with Crippen molar-refractivity contribution in [1.82, 2.24) is 29.6 Å². The van der Waals surface area contributed by atoms with Crippen LogP contribution in [0.25, 0.3) is 0 Å². The van der Waals surface area contributed by atoms with Gasteiger partial charge in [-0.05, 0) is 46.5 Å². The first-order chi connectivity index (χ1) is 14.6. The number of aliphatic imine (C=N–C) groups is 1. The summed E-state index contributed by atoms with van der Waals surface area (Å²) in [7, 11) is 0. The van der Waals surface area contributed by atoms with Crippen molar-refractivity contribution in [1.29, 1.82) is 0 Å². The van der Waals surface area contributed by atoms with E-state index in [1.165, 1.54) is 0 Å². The van der Waals surface area contributed by atoms with Gasteiger partial charge < -0.3 is 19.7 Å². The first-order valence-electron chi connectivity index (χ1n) is 11.6. The van der Waals surface area contributed by atoms with E-state index < -0.39 is 0 Å². The molecule has 0 aliphatic carbocycles. The van der Waals surface area contributed by atoms with E-state index in [2.05, 4.69) is 38.5 Å². The van der Waals surface area contributed by atoms with Crippen molar-refractivity contribution in [2.75, 3.05) is 52.4 Å². The third-order valence-corrected chi connectivity index (χ3v) is 6.26. The first-order valence-corrected chi connectivity index (χ1v) is 11.6. The molecule has 1 amide bonds. The Balaban J connectivity index is 0.00000341. The minimum absolute atomic E-state index is 0. The van der Waals surface area contributed by atoms with E-state index in [9.17, 15) is 4.79 Å². The van der Waals surface area contributed by atoms with E-state index in [4.69, 9.17) is 4.99 Å². The lowest BCUT2D eigenvalue weighted by Crippen LogP contribution is -2.57. The van der Waals surface area contributed by atoms with Gasteiger partial charge in [-0.15, -0.1) is 24.0 Å². The number of guanidine groups is 1. The molecule has 2 aliphatic heterocycles. The van der Waals surface area contributed by atoms with Gasteiger partial charge in [0.05, 0.1) is 6.04 Å². The standard InChI is InChI=1S/C22H39N7O.HI/c1-4-23-22(25-9-5-6-11-27-14-10-24-20(27)3)29-17-15-26(16-18-29)19(2)21(30)28-12-7-8-13-28;/h10,14,19H,4-9,11-13,15-18H2,1-3H3,(H,23,25);1H. The number of aromatic nitrogens is 2. The maximum atomic E-state index is 12.7. The Bertz CT molecular complexity index is 694. The number of carbonyl (C=O) groups is 1. The fraction of sp³-hybridized carbons (Fsp3) is 0.773. The average molecular weight is 546 g/mol. The summed E-state index contributed by atoms with van der Waals surface area (Å²) >= 11 is 0. The van der Waals surface area contributed by atoms with E-state index in [1.807, 2.05) is 24.2 Å². The third-order valence-electron chi connectivity index (χ3n) is 6.26. The van der Waals surface area contributed by atoms with Crippen LogP contribution in [0.2, 0.25) is 0 Å². The SMILES string of the molecule is CCNC(=NCCCCn1ccnc1C)N1CCN(C(C)C(=O)N2CCCC2)CC1.I. The third kappa shape index (κ3) is 7.34. The zero-order chi connectivity index (χ0) is 21.3. The molecular formula is C22H40IN7O. The minimum atomic E-state index is -0.0172. The molecular weight excluding hydrogens is 505 g/mol. The van der Waals surface area contributed by atoms with Crippen molar-refractivity contribution < 1.29 is 4.79 Å². The quantitative estimate of drug-likeness (QED) is 0.235. The van der Waals surface area contributed by atoms with Gasteiger partial charge in [-0.1, -0.05) is 0 Å². The second-order valence-electron chi connectivity index (χ2n) is 8.34. The Morgan fingerprint density at radius 3 is 2.45 bits per heavy atom. The highest BCUT2D eigenvalue weighted by atomic mass is 127. The fourth-order valence-corrected chi connectivity index (χ4v) is 4.32. The molecule has 0 bridgehead atoms. The summed E-state index contributed by atoms with van der Waals surface area (Å²) in [6.45, 7) is 14.4. The summed E-state index contributed by atoms with van der Waals surface area (Å²) in [4.78, 5) is 28.5. The van der Waals surface area contributed by atoms with E-state index in [1.54, 1.807) is 0 Å². The molecule has 0 radical (unpaired) electrons. The van der Waals surface area contributed by atoms with Crippen molar-refractivity contribution in [3.05, 3.63) is 18.2 Å². The Morgan fingerprint density at radius 2 is 1.84 bits per heavy atom. The number of hydrogen-bond acceptors (Lipinski definition) is 4. The summed E-state index contributed by atoms with van der Waals surface area (Å²) in [6.07, 6.45) is 8.36. The maximum absolute atomic E-state index is 12.7. The van der Waals surface area contributed by atoms with Crippen LogP contribution in [0.15, 0.2) is 17.4 Å². The van der Waals surface area contributed by atoms with Gasteiger partial charge in [-0.25, -0.2) is 4.98 Å². The topological polar surface area (TPSA) is 69.0 Å². The van der Waals surface area contributed by atoms with Gasteiger partial charge in [-0.2, -0.15) is 0 Å². The number of hydrogen-bond donors (Lipinski definition) is 1. The number of piperazine rings is 1. The molecule has 2 aliphatic rings. The Hall–Kier alpha value is -1.36. The van der Waals surface area contributed by atoms with Crippen LogP contribution in [-0.2, 0) is 11.3 Å². The van der Waals surface area contributed by atoms with Gasteiger partial charge in [0, 0.05) is 71.3 Å². The van der Waals surface area contributed by atoms with E-state index in [-0.39, 0.29) is 30.0 Å². The van der Waals surface area contributed by atoms with Crippen LogP contribution in [0.1, 0.15) is 45.4 Å². The Labute approximate surface area is 204 Å². The molecule has 1 N–H and O–H groups in total. The molecule has 1 aromatic heterocycles. The molecule has 0 saturated carbocycles. The highest BCUT2D eigenvalue weighted by molar-refractivity contribution is 14.0. The normalized spacial score (nSPS) is 18.7. The molecule has 0 spiro atoms. The molecule has 1 unspecified atom stereocenters. The van der Waals surface area contributed by atoms with Crippen molar-refractivity contribution >= 4 is 35.8 Å². The second kappa shape index (κ2) is 13.2. The molecule has 2 fully saturated rings. The summed E-state index contributed by atoms with van der Waals surface area (Å²) in [5.41, 5.74) is 0. The monoisotopic (exact) mass is 545 g/mol. The van der Waals surface area contributed by atoms with E-state index in [0.29, 0.717) is 5.91 Å². The number of carbonyl (C=O) groups excluding carboxylic acids is 1. The lowest BCUT2D eigenvalue weighted by Gasteiger charge is -2.39. The zero-order valence-corrected chi connectivity index (χ0v) is 21.8. The number of unbranched alkanes of at least 4 members (excludes halogenated alkanes) is 1. The number of rotatable bonds is 8. The summed E-state index contributed by atoms with van der Waals surface area (Å²) in [5, 5.41) is 3.44. The molecule has 31 heavy (non-hydrogen) atoms. The number of nitrogens with one attached hydrogen (secondary N) is 1. The lowest BCUT2D eigenvalue weighted by molar-refractivity contribution is -0.135. The van der Waals surface area contributed by atoms with Crippen LogP contribution in [0.5, 0.6) is 0 Å². The molecule has 0 aromatic carbocycles. The minimum Gasteiger partial charge on any atom is -0.357 e. The molecule has 3 heterocycles. The maximum Gasteiger partial charge on any atom is 0.239 e. The number of aryl methyl sites for hydroxylation is 2. The van der Waals surface area contributed by atoms with Crippen LogP contribution in [-0.4, -0.2) is 94.5 Å². The molecule has 8 nitrogen and oxygen atoms in total. The molecule has 9 heteroatoms. The lowest BCUT2D eigenvalue weighted by atomic mass is 10.2. The van der Waals surface area contributed by atoms with Crippen LogP contribution in [0.3, 0.4) is 0 Å². The smallest absolute Gasteiger partial charge is 0.239 e. The molecule has 3 rings (SSSR count). The zero-order valence-electron chi connectivity index (χ0n) is 19.4. The van der Waals surface area contributed by atoms with Crippen LogP contribution >= 0.6 is 24.0 Å². The highest BCUT2D eigenvalue weighted by Crippen LogP contribution is 2.14. The van der Waals surface area contributed by atoms with Crippen LogP contribution < -0.4 is 5.32 Å². The highest BCUT2D eigenvalue weighted by Gasteiger charge is 2.30. The van der Waals surface area contributed by atoms with E-state index >= 15 is 0 Å². The fourth-order valence-electron chi connectivity index (χ4n) is 4.32. The Kier molecular flexibility index (Phi) is 11.1. The summed E-state index contributed by atoms with van der Waals surface area (Å²) in [5.74, 6) is 2.38. The van der Waals surface area contributed by atoms with Gasteiger partial charge >= 0.3 is 0 Å². The van der Waals surface area contributed by atoms with Gasteiger partial charge in [0.15, 0.2) is 5.96 Å². The summed E-state index contributed by atoms with van der Waals surface area (Å²) in [6, 6.07) is -0.0172. The van der Waals surface area contributed by atoms with Crippen molar-refractivity contribution in [2.45, 2.75) is 59.0 Å². The van der Waals surface area contributed by atoms with Gasteiger partial charge in [0.1, 0.15) is 5.82 Å². The van der Waals surface area contributed by atoms with Gasteiger partial charge in [0.25, 0.3) is 0 Å². The van der Waals surface area contributed by atoms with Gasteiger partial charge in [-0.3, -0.25) is 14.7 Å². The van der Waals surface area contributed by atoms with Crippen molar-refractivity contribution in [2.24, 2.45) is 4.99 Å². The Morgan fingerprint density at radius 1 is 1.13 bits per heavy atom.